The Morgan fingerprint density at radius 1 is 1.07 bits per heavy atom. The van der Waals surface area contributed by atoms with Gasteiger partial charge < -0.3 is 10.2 Å². The van der Waals surface area contributed by atoms with E-state index in [1.54, 1.807) is 0 Å². The highest BCUT2D eigenvalue weighted by atomic mass is 16.2. The van der Waals surface area contributed by atoms with Crippen molar-refractivity contribution in [2.45, 2.75) is 46.1 Å². The Morgan fingerprint density at radius 2 is 1.72 bits per heavy atom. The van der Waals surface area contributed by atoms with Crippen molar-refractivity contribution in [1.29, 1.82) is 0 Å². The molecule has 6 nitrogen and oxygen atoms in total. The van der Waals surface area contributed by atoms with E-state index in [0.717, 1.165) is 75.7 Å². The molecule has 2 aliphatic rings. The third-order valence-electron chi connectivity index (χ3n) is 6.45. The Hall–Kier alpha value is -1.92. The molecule has 0 radical (unpaired) electrons. The van der Waals surface area contributed by atoms with E-state index in [-0.39, 0.29) is 17.9 Å². The van der Waals surface area contributed by atoms with Crippen LogP contribution in [-0.2, 0) is 16.0 Å². The van der Waals surface area contributed by atoms with Crippen molar-refractivity contribution in [1.82, 2.24) is 14.7 Å². The number of nitrogens with zero attached hydrogens (tertiary/aromatic N) is 3. The van der Waals surface area contributed by atoms with E-state index in [2.05, 4.69) is 35.0 Å². The number of carbonyl (C=O) groups excluding carboxylic acids is 2. The van der Waals surface area contributed by atoms with Gasteiger partial charge in [-0.15, -0.1) is 0 Å². The molecule has 2 saturated heterocycles. The number of amides is 2. The number of piperazine rings is 1. The number of anilines is 1. The van der Waals surface area contributed by atoms with Gasteiger partial charge in [-0.25, -0.2) is 0 Å². The van der Waals surface area contributed by atoms with Gasteiger partial charge in [0.25, 0.3) is 0 Å². The normalized spacial score (nSPS) is 20.4. The minimum absolute atomic E-state index is 0.0333. The molecule has 0 bridgehead atoms. The molecule has 2 aliphatic heterocycles. The summed E-state index contributed by atoms with van der Waals surface area (Å²) in [6.45, 7) is 11.9. The number of para-hydroxylation sites is 1. The van der Waals surface area contributed by atoms with Crippen LogP contribution < -0.4 is 5.32 Å². The first-order valence-electron chi connectivity index (χ1n) is 11.1. The second kappa shape index (κ2) is 10.2. The molecule has 0 aromatic heterocycles. The number of rotatable bonds is 6. The van der Waals surface area contributed by atoms with E-state index in [1.807, 2.05) is 30.0 Å². The molecule has 29 heavy (non-hydrogen) atoms. The lowest BCUT2D eigenvalue weighted by Crippen LogP contribution is -2.56. The van der Waals surface area contributed by atoms with E-state index < -0.39 is 0 Å². The molecule has 1 atom stereocenters. The Bertz CT molecular complexity index is 692. The monoisotopic (exact) mass is 400 g/mol. The molecule has 2 heterocycles. The van der Waals surface area contributed by atoms with Crippen molar-refractivity contribution >= 4 is 17.5 Å². The zero-order chi connectivity index (χ0) is 20.8. The molecule has 2 amide bonds. The Labute approximate surface area is 175 Å². The number of piperidine rings is 1. The Kier molecular flexibility index (Phi) is 7.67. The molecule has 160 valence electrons. The van der Waals surface area contributed by atoms with Crippen molar-refractivity contribution in [3.8, 4) is 0 Å². The first kappa shape index (κ1) is 21.8. The number of aryl methyl sites for hydroxylation is 1. The van der Waals surface area contributed by atoms with E-state index >= 15 is 0 Å². The summed E-state index contributed by atoms with van der Waals surface area (Å²) in [6, 6.07) is 7.89. The van der Waals surface area contributed by atoms with Crippen LogP contribution in [0.1, 0.15) is 39.2 Å². The van der Waals surface area contributed by atoms with E-state index in [9.17, 15) is 9.59 Å². The molecule has 2 fully saturated rings. The topological polar surface area (TPSA) is 55.9 Å². The maximum Gasteiger partial charge on any atom is 0.239 e. The van der Waals surface area contributed by atoms with Crippen LogP contribution in [0.2, 0.25) is 0 Å². The fourth-order valence-electron chi connectivity index (χ4n) is 4.30. The van der Waals surface area contributed by atoms with E-state index in [4.69, 9.17) is 0 Å². The lowest BCUT2D eigenvalue weighted by atomic mass is 9.98. The number of benzene rings is 1. The second-order valence-electron chi connectivity index (χ2n) is 8.55. The summed E-state index contributed by atoms with van der Waals surface area (Å²) in [4.78, 5) is 31.8. The SMILES string of the molecule is CCc1ccccc1NC(=O)CN1CCN([C@@H](C)C(=O)N2CCC(C)CC2)CC1. The summed E-state index contributed by atoms with van der Waals surface area (Å²) in [6.07, 6.45) is 3.13. The summed E-state index contributed by atoms with van der Waals surface area (Å²) in [5, 5.41) is 3.05. The fourth-order valence-corrected chi connectivity index (χ4v) is 4.30. The maximum absolute atomic E-state index is 12.8. The Balaban J connectivity index is 1.44. The van der Waals surface area contributed by atoms with E-state index in [1.165, 1.54) is 0 Å². The van der Waals surface area contributed by atoms with Crippen LogP contribution in [0.15, 0.2) is 24.3 Å². The van der Waals surface area contributed by atoms with Gasteiger partial charge >= 0.3 is 0 Å². The van der Waals surface area contributed by atoms with Crippen LogP contribution in [0.5, 0.6) is 0 Å². The molecule has 1 aromatic rings. The minimum Gasteiger partial charge on any atom is -0.341 e. The third kappa shape index (κ3) is 5.80. The van der Waals surface area contributed by atoms with Gasteiger partial charge in [0.1, 0.15) is 0 Å². The predicted octanol–water partition coefficient (Wildman–Crippen LogP) is 2.45. The van der Waals surface area contributed by atoms with Gasteiger partial charge in [-0.3, -0.25) is 19.4 Å². The number of nitrogens with one attached hydrogen (secondary N) is 1. The minimum atomic E-state index is -0.0733. The van der Waals surface area contributed by atoms with Crippen LogP contribution in [0.3, 0.4) is 0 Å². The highest BCUT2D eigenvalue weighted by Gasteiger charge is 2.30. The zero-order valence-electron chi connectivity index (χ0n) is 18.2. The summed E-state index contributed by atoms with van der Waals surface area (Å²) >= 11 is 0. The average Bonchev–Trinajstić information content (AvgIpc) is 2.74. The molecule has 1 aromatic carbocycles. The predicted molar refractivity (Wildman–Crippen MR) is 117 cm³/mol. The van der Waals surface area contributed by atoms with Crippen LogP contribution in [0.4, 0.5) is 5.69 Å². The first-order valence-corrected chi connectivity index (χ1v) is 11.1. The molecule has 3 rings (SSSR count). The number of carbonyl (C=O) groups is 2. The summed E-state index contributed by atoms with van der Waals surface area (Å²) in [7, 11) is 0. The number of hydrogen-bond acceptors (Lipinski definition) is 4. The van der Waals surface area contributed by atoms with Crippen molar-refractivity contribution in [2.24, 2.45) is 5.92 Å². The molecular weight excluding hydrogens is 364 g/mol. The van der Waals surface area contributed by atoms with Gasteiger partial charge in [-0.05, 0) is 43.7 Å². The van der Waals surface area contributed by atoms with E-state index in [0.29, 0.717) is 6.54 Å². The smallest absolute Gasteiger partial charge is 0.239 e. The maximum atomic E-state index is 12.8. The van der Waals surface area contributed by atoms with Gasteiger partial charge in [-0.2, -0.15) is 0 Å². The van der Waals surface area contributed by atoms with Gasteiger partial charge in [0.2, 0.25) is 11.8 Å². The lowest BCUT2D eigenvalue weighted by Gasteiger charge is -2.40. The molecule has 0 spiro atoms. The second-order valence-corrected chi connectivity index (χ2v) is 8.55. The van der Waals surface area contributed by atoms with Crippen molar-refractivity contribution in [3.63, 3.8) is 0 Å². The van der Waals surface area contributed by atoms with Crippen molar-refractivity contribution < 1.29 is 9.59 Å². The summed E-state index contributed by atoms with van der Waals surface area (Å²) in [5.74, 6) is 1.03. The van der Waals surface area contributed by atoms with Gasteiger partial charge in [0.15, 0.2) is 0 Å². The quantitative estimate of drug-likeness (QED) is 0.797. The van der Waals surface area contributed by atoms with Crippen LogP contribution in [0.25, 0.3) is 0 Å². The zero-order valence-corrected chi connectivity index (χ0v) is 18.2. The van der Waals surface area contributed by atoms with Crippen LogP contribution in [-0.4, -0.2) is 78.4 Å². The molecule has 1 N–H and O–H groups in total. The molecule has 6 heteroatoms. The van der Waals surface area contributed by atoms with Crippen LogP contribution >= 0.6 is 0 Å². The van der Waals surface area contributed by atoms with Crippen LogP contribution in [0, 0.1) is 5.92 Å². The molecule has 0 unspecified atom stereocenters. The molecule has 0 saturated carbocycles. The highest BCUT2D eigenvalue weighted by Crippen LogP contribution is 2.19. The third-order valence-corrected chi connectivity index (χ3v) is 6.45. The highest BCUT2D eigenvalue weighted by molar-refractivity contribution is 5.93. The molecule has 0 aliphatic carbocycles. The number of hydrogen-bond donors (Lipinski definition) is 1. The van der Waals surface area contributed by atoms with Gasteiger partial charge in [0, 0.05) is 45.0 Å². The number of likely N-dealkylation sites (tertiary alicyclic amines) is 1. The standard InChI is InChI=1S/C23H36N4O2/c1-4-20-7-5-6-8-21(20)24-22(28)17-25-13-15-26(16-14-25)19(3)23(29)27-11-9-18(2)10-12-27/h5-8,18-19H,4,9-17H2,1-3H3,(H,24,28)/t19-/m0/s1. The first-order chi connectivity index (χ1) is 14.0. The summed E-state index contributed by atoms with van der Waals surface area (Å²) in [5.41, 5.74) is 2.07. The van der Waals surface area contributed by atoms with Gasteiger partial charge in [-0.1, -0.05) is 32.0 Å². The largest absolute Gasteiger partial charge is 0.341 e. The van der Waals surface area contributed by atoms with Gasteiger partial charge in [0.05, 0.1) is 12.6 Å². The average molecular weight is 401 g/mol. The Morgan fingerprint density at radius 3 is 2.38 bits per heavy atom. The lowest BCUT2D eigenvalue weighted by molar-refractivity contribution is -0.138. The summed E-state index contributed by atoms with van der Waals surface area (Å²) < 4.78 is 0. The van der Waals surface area contributed by atoms with Crippen molar-refractivity contribution in [3.05, 3.63) is 29.8 Å². The fraction of sp³-hybridized carbons (Fsp3) is 0.652. The van der Waals surface area contributed by atoms with Crippen molar-refractivity contribution in [2.75, 3.05) is 51.1 Å². The molecular formula is C23H36N4O2.